The lowest BCUT2D eigenvalue weighted by atomic mass is 10.3. The number of nitrogens with zero attached hydrogens (tertiary/aromatic N) is 2. The van der Waals surface area contributed by atoms with E-state index in [1.807, 2.05) is 22.9 Å². The molecule has 0 spiro atoms. The minimum Gasteiger partial charge on any atom is -0.491 e. The topological polar surface area (TPSA) is 44.8 Å². The number of likely N-dealkylation sites (N-methyl/N-ethyl adjacent to an activating group) is 1. The molecular formula is C15H22BrCl2N3O2. The van der Waals surface area contributed by atoms with Gasteiger partial charge < -0.3 is 15.0 Å². The third-order valence-corrected chi connectivity index (χ3v) is 4.35. The van der Waals surface area contributed by atoms with Crippen LogP contribution in [0.3, 0.4) is 0 Å². The van der Waals surface area contributed by atoms with Crippen LogP contribution in [0.2, 0.25) is 5.02 Å². The first kappa shape index (κ1) is 20.5. The first-order chi connectivity index (χ1) is 10.6. The van der Waals surface area contributed by atoms with Crippen molar-refractivity contribution in [3.63, 3.8) is 0 Å². The largest absolute Gasteiger partial charge is 0.491 e. The van der Waals surface area contributed by atoms with E-state index in [0.29, 0.717) is 24.7 Å². The Morgan fingerprint density at radius 2 is 2.13 bits per heavy atom. The highest BCUT2D eigenvalue weighted by molar-refractivity contribution is 9.10. The molecule has 0 aromatic heterocycles. The monoisotopic (exact) mass is 425 g/mol. The molecule has 0 atom stereocenters. The minimum absolute atomic E-state index is 0. The summed E-state index contributed by atoms with van der Waals surface area (Å²) in [6.45, 7) is 4.97. The predicted molar refractivity (Wildman–Crippen MR) is 98.8 cm³/mol. The lowest BCUT2D eigenvalue weighted by Gasteiger charge is -2.29. The maximum Gasteiger partial charge on any atom is 0.236 e. The van der Waals surface area contributed by atoms with Gasteiger partial charge in [0.25, 0.3) is 0 Å². The highest BCUT2D eigenvalue weighted by atomic mass is 79.9. The lowest BCUT2D eigenvalue weighted by Crippen LogP contribution is -2.49. The Hall–Kier alpha value is -0.530. The van der Waals surface area contributed by atoms with Gasteiger partial charge in [-0.2, -0.15) is 0 Å². The molecule has 0 bridgehead atoms. The number of benzene rings is 1. The van der Waals surface area contributed by atoms with Gasteiger partial charge in [-0.3, -0.25) is 9.69 Å². The number of carbonyl (C=O) groups is 1. The van der Waals surface area contributed by atoms with Crippen molar-refractivity contribution in [2.45, 2.75) is 0 Å². The summed E-state index contributed by atoms with van der Waals surface area (Å²) >= 11 is 9.31. The Bertz CT molecular complexity index is 513. The van der Waals surface area contributed by atoms with E-state index in [-0.39, 0.29) is 18.3 Å². The Balaban J connectivity index is 0.00000264. The van der Waals surface area contributed by atoms with Crippen molar-refractivity contribution < 1.29 is 9.53 Å². The minimum atomic E-state index is 0. The summed E-state index contributed by atoms with van der Waals surface area (Å²) in [7, 11) is 1.93. The maximum absolute atomic E-state index is 12.1. The molecule has 8 heteroatoms. The molecule has 0 radical (unpaired) electrons. The fourth-order valence-corrected chi connectivity index (χ4v) is 3.03. The van der Waals surface area contributed by atoms with E-state index in [9.17, 15) is 4.79 Å². The molecule has 5 nitrogen and oxygen atoms in total. The van der Waals surface area contributed by atoms with Crippen LogP contribution >= 0.6 is 39.9 Å². The molecule has 2 rings (SSSR count). The van der Waals surface area contributed by atoms with Gasteiger partial charge in [0, 0.05) is 37.7 Å². The molecule has 1 aliphatic heterocycles. The summed E-state index contributed by atoms with van der Waals surface area (Å²) in [5.74, 6) is 0.933. The maximum atomic E-state index is 12.1. The summed E-state index contributed by atoms with van der Waals surface area (Å²) < 4.78 is 6.54. The molecular weight excluding hydrogens is 405 g/mol. The van der Waals surface area contributed by atoms with Crippen LogP contribution < -0.4 is 10.1 Å². The summed E-state index contributed by atoms with van der Waals surface area (Å²) in [6.07, 6.45) is 0. The Kier molecular flexibility index (Phi) is 9.24. The van der Waals surface area contributed by atoms with Crippen molar-refractivity contribution in [3.8, 4) is 5.75 Å². The van der Waals surface area contributed by atoms with Gasteiger partial charge in [0.05, 0.1) is 11.0 Å². The number of carbonyl (C=O) groups excluding carboxylic acids is 1. The fraction of sp³-hybridized carbons (Fsp3) is 0.533. The highest BCUT2D eigenvalue weighted by Gasteiger charge is 2.17. The average molecular weight is 427 g/mol. The smallest absolute Gasteiger partial charge is 0.236 e. The zero-order valence-corrected chi connectivity index (χ0v) is 16.2. The number of hydrogen-bond donors (Lipinski definition) is 1. The fourth-order valence-electron chi connectivity index (χ4n) is 2.23. The van der Waals surface area contributed by atoms with Gasteiger partial charge in [0.15, 0.2) is 0 Å². The standard InChI is InChI=1S/C15H21BrClN3O2.ClH/c1-19(11-15(21)20-6-4-18-5-7-20)8-9-22-14-3-2-12(17)10-13(14)16;/h2-3,10,18H,4-9,11H2,1H3;1H. The average Bonchev–Trinajstić information content (AvgIpc) is 2.50. The molecule has 1 aliphatic rings. The SMILES string of the molecule is CN(CCOc1ccc(Cl)cc1Br)CC(=O)N1CCNCC1.Cl. The second kappa shape index (κ2) is 10.4. The summed E-state index contributed by atoms with van der Waals surface area (Å²) in [5, 5.41) is 3.91. The van der Waals surface area contributed by atoms with E-state index in [0.717, 1.165) is 36.4 Å². The van der Waals surface area contributed by atoms with E-state index in [1.165, 1.54) is 0 Å². The number of ether oxygens (including phenoxy) is 1. The Labute approximate surface area is 156 Å². The molecule has 0 saturated carbocycles. The molecule has 0 unspecified atom stereocenters. The molecule has 1 saturated heterocycles. The van der Waals surface area contributed by atoms with E-state index in [4.69, 9.17) is 16.3 Å². The van der Waals surface area contributed by atoms with E-state index in [1.54, 1.807) is 12.1 Å². The van der Waals surface area contributed by atoms with Crippen LogP contribution in [0.15, 0.2) is 22.7 Å². The van der Waals surface area contributed by atoms with Gasteiger partial charge in [-0.1, -0.05) is 11.6 Å². The van der Waals surface area contributed by atoms with E-state index >= 15 is 0 Å². The molecule has 1 fully saturated rings. The molecule has 23 heavy (non-hydrogen) atoms. The lowest BCUT2D eigenvalue weighted by molar-refractivity contribution is -0.132. The zero-order valence-electron chi connectivity index (χ0n) is 13.1. The highest BCUT2D eigenvalue weighted by Crippen LogP contribution is 2.27. The van der Waals surface area contributed by atoms with Crippen LogP contribution in [0.5, 0.6) is 5.75 Å². The first-order valence-corrected chi connectivity index (χ1v) is 8.48. The summed E-state index contributed by atoms with van der Waals surface area (Å²) in [6, 6.07) is 5.42. The van der Waals surface area contributed by atoms with Gasteiger partial charge in [-0.15, -0.1) is 12.4 Å². The van der Waals surface area contributed by atoms with Crippen LogP contribution in [0.25, 0.3) is 0 Å². The summed E-state index contributed by atoms with van der Waals surface area (Å²) in [4.78, 5) is 16.0. The molecule has 1 N–H and O–H groups in total. The molecule has 1 heterocycles. The predicted octanol–water partition coefficient (Wildman–Crippen LogP) is 2.27. The van der Waals surface area contributed by atoms with Crippen molar-refractivity contribution in [1.82, 2.24) is 15.1 Å². The van der Waals surface area contributed by atoms with Gasteiger partial charge >= 0.3 is 0 Å². The van der Waals surface area contributed by atoms with Gasteiger partial charge in [-0.25, -0.2) is 0 Å². The third kappa shape index (κ3) is 6.85. The number of piperazine rings is 1. The number of nitrogens with one attached hydrogen (secondary N) is 1. The quantitative estimate of drug-likeness (QED) is 0.757. The Morgan fingerprint density at radius 1 is 1.43 bits per heavy atom. The van der Waals surface area contributed by atoms with Crippen LogP contribution in [0.1, 0.15) is 0 Å². The molecule has 1 aromatic rings. The van der Waals surface area contributed by atoms with Gasteiger partial charge in [0.2, 0.25) is 5.91 Å². The van der Waals surface area contributed by atoms with Crippen molar-refractivity contribution in [2.75, 3.05) is 52.9 Å². The second-order valence-electron chi connectivity index (χ2n) is 5.29. The van der Waals surface area contributed by atoms with Gasteiger partial charge in [-0.05, 0) is 41.2 Å². The van der Waals surface area contributed by atoms with Crippen LogP contribution in [0.4, 0.5) is 0 Å². The number of rotatable bonds is 6. The first-order valence-electron chi connectivity index (χ1n) is 7.31. The van der Waals surface area contributed by atoms with Crippen molar-refractivity contribution in [1.29, 1.82) is 0 Å². The van der Waals surface area contributed by atoms with Crippen molar-refractivity contribution in [2.24, 2.45) is 0 Å². The van der Waals surface area contributed by atoms with Gasteiger partial charge in [0.1, 0.15) is 12.4 Å². The van der Waals surface area contributed by atoms with Crippen molar-refractivity contribution >= 4 is 45.8 Å². The van der Waals surface area contributed by atoms with Crippen molar-refractivity contribution in [3.05, 3.63) is 27.7 Å². The normalized spacial score (nSPS) is 14.5. The molecule has 1 amide bonds. The van der Waals surface area contributed by atoms with Crippen LogP contribution in [0, 0.1) is 0 Å². The van der Waals surface area contributed by atoms with E-state index < -0.39 is 0 Å². The van der Waals surface area contributed by atoms with Crippen LogP contribution in [-0.4, -0.2) is 68.6 Å². The molecule has 0 aliphatic carbocycles. The van der Waals surface area contributed by atoms with E-state index in [2.05, 4.69) is 21.2 Å². The zero-order chi connectivity index (χ0) is 15.9. The summed E-state index contributed by atoms with van der Waals surface area (Å²) in [5.41, 5.74) is 0. The number of amides is 1. The molecule has 1 aromatic carbocycles. The number of hydrogen-bond acceptors (Lipinski definition) is 4. The number of halogens is 3. The second-order valence-corrected chi connectivity index (χ2v) is 6.58. The Morgan fingerprint density at radius 3 is 2.78 bits per heavy atom. The molecule has 130 valence electrons. The van der Waals surface area contributed by atoms with Crippen LogP contribution in [-0.2, 0) is 4.79 Å². The third-order valence-electron chi connectivity index (χ3n) is 3.50.